The summed E-state index contributed by atoms with van der Waals surface area (Å²) in [5, 5.41) is 3.75. The second-order valence-electron chi connectivity index (χ2n) is 5.75. The van der Waals surface area contributed by atoms with Crippen molar-refractivity contribution in [1.82, 2.24) is 5.32 Å². The first-order valence-corrected chi connectivity index (χ1v) is 8.32. The van der Waals surface area contributed by atoms with Crippen LogP contribution < -0.4 is 5.32 Å². The molecule has 0 fully saturated rings. The van der Waals surface area contributed by atoms with Crippen LogP contribution in [-0.4, -0.2) is 6.54 Å². The van der Waals surface area contributed by atoms with E-state index in [1.165, 1.54) is 60.5 Å². The van der Waals surface area contributed by atoms with Crippen LogP contribution in [-0.2, 0) is 6.42 Å². The van der Waals surface area contributed by atoms with E-state index in [0.29, 0.717) is 6.04 Å². The van der Waals surface area contributed by atoms with Crippen molar-refractivity contribution in [2.45, 2.75) is 51.0 Å². The van der Waals surface area contributed by atoms with Crippen molar-refractivity contribution < 1.29 is 0 Å². The molecule has 0 spiro atoms. The average Bonchev–Trinajstić information content (AvgIpc) is 2.82. The van der Waals surface area contributed by atoms with Gasteiger partial charge in [0.2, 0.25) is 0 Å². The lowest BCUT2D eigenvalue weighted by molar-refractivity contribution is 0.525. The lowest BCUT2D eigenvalue weighted by Gasteiger charge is -2.17. The third-order valence-electron chi connectivity index (χ3n) is 4.40. The van der Waals surface area contributed by atoms with Gasteiger partial charge in [0, 0.05) is 10.5 Å². The minimum atomic E-state index is 0.576. The predicted molar refractivity (Wildman–Crippen MR) is 84.4 cm³/mol. The molecule has 2 aliphatic rings. The van der Waals surface area contributed by atoms with Gasteiger partial charge >= 0.3 is 0 Å². The van der Waals surface area contributed by atoms with Crippen LogP contribution in [0.25, 0.3) is 0 Å². The van der Waals surface area contributed by atoms with Crippen molar-refractivity contribution >= 4 is 15.9 Å². The Bertz CT molecular complexity index is 478. The molecule has 0 heterocycles. The molecule has 102 valence electrons. The molecule has 0 amide bonds. The Morgan fingerprint density at radius 2 is 2.16 bits per heavy atom. The molecule has 1 aromatic carbocycles. The second-order valence-corrected chi connectivity index (χ2v) is 6.66. The van der Waals surface area contributed by atoms with E-state index < -0.39 is 0 Å². The van der Waals surface area contributed by atoms with Gasteiger partial charge in [-0.15, -0.1) is 0 Å². The zero-order chi connectivity index (χ0) is 13.1. The average molecular weight is 320 g/mol. The van der Waals surface area contributed by atoms with Gasteiger partial charge in [0.25, 0.3) is 0 Å². The molecule has 1 atom stereocenters. The quantitative estimate of drug-likeness (QED) is 0.777. The summed E-state index contributed by atoms with van der Waals surface area (Å²) in [5.74, 6) is 0. The maximum Gasteiger partial charge on any atom is 0.0326 e. The number of hydrogen-bond acceptors (Lipinski definition) is 1. The molecule has 2 aliphatic carbocycles. The summed E-state index contributed by atoms with van der Waals surface area (Å²) in [6, 6.07) is 7.31. The highest BCUT2D eigenvalue weighted by molar-refractivity contribution is 9.10. The van der Waals surface area contributed by atoms with Crippen LogP contribution in [0.15, 0.2) is 34.3 Å². The van der Waals surface area contributed by atoms with Crippen LogP contribution in [0.4, 0.5) is 0 Å². The first-order chi connectivity index (χ1) is 9.33. The van der Waals surface area contributed by atoms with Crippen LogP contribution in [0.3, 0.4) is 0 Å². The van der Waals surface area contributed by atoms with Crippen molar-refractivity contribution in [2.75, 3.05) is 6.54 Å². The molecule has 1 aromatic rings. The highest BCUT2D eigenvalue weighted by Gasteiger charge is 2.21. The monoisotopic (exact) mass is 319 g/mol. The Morgan fingerprint density at radius 1 is 1.21 bits per heavy atom. The van der Waals surface area contributed by atoms with Gasteiger partial charge in [-0.05, 0) is 74.8 Å². The van der Waals surface area contributed by atoms with Crippen LogP contribution >= 0.6 is 15.9 Å². The van der Waals surface area contributed by atoms with Crippen molar-refractivity contribution in [3.63, 3.8) is 0 Å². The fraction of sp³-hybridized carbons (Fsp3) is 0.529. The largest absolute Gasteiger partial charge is 0.310 e. The number of allylic oxidation sites excluding steroid dienone is 1. The van der Waals surface area contributed by atoms with E-state index in [0.717, 1.165) is 6.54 Å². The van der Waals surface area contributed by atoms with Crippen molar-refractivity contribution in [3.8, 4) is 0 Å². The smallest absolute Gasteiger partial charge is 0.0326 e. The van der Waals surface area contributed by atoms with Gasteiger partial charge in [-0.1, -0.05) is 33.6 Å². The molecular weight excluding hydrogens is 298 g/mol. The SMILES string of the molecule is Brc1ccc2c(c1)CCC2NCCC1=CCCCC1. The summed E-state index contributed by atoms with van der Waals surface area (Å²) in [6.07, 6.45) is 11.6. The molecule has 19 heavy (non-hydrogen) atoms. The summed E-state index contributed by atoms with van der Waals surface area (Å²) in [7, 11) is 0. The zero-order valence-corrected chi connectivity index (χ0v) is 13.0. The number of hydrogen-bond donors (Lipinski definition) is 1. The van der Waals surface area contributed by atoms with E-state index in [9.17, 15) is 0 Å². The van der Waals surface area contributed by atoms with E-state index in [1.807, 2.05) is 0 Å². The molecular formula is C17H22BrN. The van der Waals surface area contributed by atoms with Crippen LogP contribution in [0, 0.1) is 0 Å². The Labute approximate surface area is 124 Å². The molecule has 0 aromatic heterocycles. The Hall–Kier alpha value is -0.600. The molecule has 0 aliphatic heterocycles. The Morgan fingerprint density at radius 3 is 3.00 bits per heavy atom. The number of rotatable bonds is 4. The third kappa shape index (κ3) is 3.29. The normalized spacial score (nSPS) is 22.2. The molecule has 1 N–H and O–H groups in total. The topological polar surface area (TPSA) is 12.0 Å². The second kappa shape index (κ2) is 6.23. The van der Waals surface area contributed by atoms with Gasteiger partial charge in [0.15, 0.2) is 0 Å². The van der Waals surface area contributed by atoms with E-state index in [-0.39, 0.29) is 0 Å². The lowest BCUT2D eigenvalue weighted by Crippen LogP contribution is -2.21. The van der Waals surface area contributed by atoms with Crippen molar-refractivity contribution in [3.05, 3.63) is 45.4 Å². The highest BCUT2D eigenvalue weighted by Crippen LogP contribution is 2.33. The standard InChI is InChI=1S/C17H22BrN/c18-15-7-8-16-14(12-15)6-9-17(16)19-11-10-13-4-2-1-3-5-13/h4,7-8,12,17,19H,1-3,5-6,9-11H2. The molecule has 1 nitrogen and oxygen atoms in total. The van der Waals surface area contributed by atoms with E-state index in [1.54, 1.807) is 5.57 Å². The molecule has 0 saturated heterocycles. The van der Waals surface area contributed by atoms with Crippen LogP contribution in [0.2, 0.25) is 0 Å². The van der Waals surface area contributed by atoms with E-state index >= 15 is 0 Å². The Kier molecular flexibility index (Phi) is 4.39. The summed E-state index contributed by atoms with van der Waals surface area (Å²) in [4.78, 5) is 0. The van der Waals surface area contributed by atoms with Gasteiger partial charge in [0.1, 0.15) is 0 Å². The first kappa shape index (κ1) is 13.4. The molecule has 0 bridgehead atoms. The highest BCUT2D eigenvalue weighted by atomic mass is 79.9. The van der Waals surface area contributed by atoms with Crippen LogP contribution in [0.5, 0.6) is 0 Å². The fourth-order valence-corrected chi connectivity index (χ4v) is 3.75. The van der Waals surface area contributed by atoms with Gasteiger partial charge in [0.05, 0.1) is 0 Å². The lowest BCUT2D eigenvalue weighted by atomic mass is 9.97. The summed E-state index contributed by atoms with van der Waals surface area (Å²) < 4.78 is 1.21. The summed E-state index contributed by atoms with van der Waals surface area (Å²) in [6.45, 7) is 1.13. The Balaban J connectivity index is 1.53. The minimum Gasteiger partial charge on any atom is -0.310 e. The minimum absolute atomic E-state index is 0.576. The molecule has 0 saturated carbocycles. The van der Waals surface area contributed by atoms with Gasteiger partial charge in [-0.3, -0.25) is 0 Å². The maximum absolute atomic E-state index is 3.75. The maximum atomic E-state index is 3.75. The van der Waals surface area contributed by atoms with Crippen molar-refractivity contribution in [1.29, 1.82) is 0 Å². The number of fused-ring (bicyclic) bond motifs is 1. The van der Waals surface area contributed by atoms with E-state index in [2.05, 4.69) is 45.5 Å². The van der Waals surface area contributed by atoms with Gasteiger partial charge < -0.3 is 5.32 Å². The number of benzene rings is 1. The number of halogens is 1. The van der Waals surface area contributed by atoms with Crippen molar-refractivity contribution in [2.24, 2.45) is 0 Å². The molecule has 2 heteroatoms. The molecule has 0 radical (unpaired) electrons. The number of nitrogens with one attached hydrogen (secondary N) is 1. The molecule has 1 unspecified atom stereocenters. The summed E-state index contributed by atoms with van der Waals surface area (Å²) in [5.41, 5.74) is 4.71. The summed E-state index contributed by atoms with van der Waals surface area (Å²) >= 11 is 3.56. The predicted octanol–water partition coefficient (Wildman–Crippen LogP) is 4.92. The third-order valence-corrected chi connectivity index (χ3v) is 4.90. The first-order valence-electron chi connectivity index (χ1n) is 7.52. The van der Waals surface area contributed by atoms with E-state index in [4.69, 9.17) is 0 Å². The van der Waals surface area contributed by atoms with Gasteiger partial charge in [-0.2, -0.15) is 0 Å². The van der Waals surface area contributed by atoms with Gasteiger partial charge in [-0.25, -0.2) is 0 Å². The van der Waals surface area contributed by atoms with Crippen LogP contribution in [0.1, 0.15) is 55.7 Å². The molecule has 3 rings (SSSR count). The zero-order valence-electron chi connectivity index (χ0n) is 11.4. The number of aryl methyl sites for hydroxylation is 1. The fourth-order valence-electron chi connectivity index (χ4n) is 3.34.